The lowest BCUT2D eigenvalue weighted by molar-refractivity contribution is 0.216. The van der Waals surface area contributed by atoms with Crippen LogP contribution in [0.5, 0.6) is 11.6 Å². The van der Waals surface area contributed by atoms with Crippen LogP contribution in [0.2, 0.25) is 0 Å². The SMILES string of the molecule is CC(C)(C)C(C)(C)c1ccc(Oc2cnn[nH]2)c(F)c1F. The van der Waals surface area contributed by atoms with Gasteiger partial charge in [-0.25, -0.2) is 9.49 Å². The van der Waals surface area contributed by atoms with Gasteiger partial charge in [0, 0.05) is 0 Å². The number of nitrogens with zero attached hydrogens (tertiary/aromatic N) is 2. The minimum atomic E-state index is -1.01. The van der Waals surface area contributed by atoms with Gasteiger partial charge in [0.05, 0.1) is 0 Å². The molecular formula is C15H19F2N3O. The Balaban J connectivity index is 2.43. The molecular weight excluding hydrogens is 276 g/mol. The van der Waals surface area contributed by atoms with Crippen molar-refractivity contribution in [2.45, 2.75) is 40.0 Å². The Morgan fingerprint density at radius 2 is 1.71 bits per heavy atom. The third kappa shape index (κ3) is 2.75. The first-order chi connectivity index (χ1) is 9.64. The normalized spacial score (nSPS) is 12.5. The van der Waals surface area contributed by atoms with Crippen LogP contribution in [0.15, 0.2) is 18.3 Å². The van der Waals surface area contributed by atoms with E-state index in [0.29, 0.717) is 5.56 Å². The molecule has 1 aromatic heterocycles. The Hall–Kier alpha value is -1.98. The van der Waals surface area contributed by atoms with Gasteiger partial charge in [-0.05, 0) is 22.5 Å². The van der Waals surface area contributed by atoms with E-state index >= 15 is 0 Å². The molecule has 0 radical (unpaired) electrons. The molecule has 1 heterocycles. The van der Waals surface area contributed by atoms with Crippen molar-refractivity contribution in [2.75, 3.05) is 0 Å². The van der Waals surface area contributed by atoms with Crippen LogP contribution in [0.4, 0.5) is 8.78 Å². The number of ether oxygens (including phenoxy) is 1. The van der Waals surface area contributed by atoms with Gasteiger partial charge < -0.3 is 4.74 Å². The van der Waals surface area contributed by atoms with Crippen molar-refractivity contribution < 1.29 is 13.5 Å². The Morgan fingerprint density at radius 3 is 2.24 bits per heavy atom. The molecule has 0 saturated carbocycles. The van der Waals surface area contributed by atoms with Crippen molar-refractivity contribution in [3.63, 3.8) is 0 Å². The molecule has 2 aromatic rings. The molecule has 0 fully saturated rings. The van der Waals surface area contributed by atoms with Gasteiger partial charge >= 0.3 is 0 Å². The van der Waals surface area contributed by atoms with Gasteiger partial charge in [0.1, 0.15) is 6.20 Å². The molecule has 114 valence electrons. The molecule has 0 spiro atoms. The quantitative estimate of drug-likeness (QED) is 0.923. The second-order valence-electron chi connectivity index (χ2n) is 6.54. The average molecular weight is 295 g/mol. The van der Waals surface area contributed by atoms with Gasteiger partial charge in [0.25, 0.3) is 0 Å². The third-order valence-corrected chi connectivity index (χ3v) is 4.21. The summed E-state index contributed by atoms with van der Waals surface area (Å²) in [6.07, 6.45) is 1.28. The van der Waals surface area contributed by atoms with Gasteiger partial charge in [0.2, 0.25) is 11.7 Å². The first kappa shape index (κ1) is 15.4. The van der Waals surface area contributed by atoms with E-state index in [9.17, 15) is 8.78 Å². The molecule has 0 unspecified atom stereocenters. The highest BCUT2D eigenvalue weighted by atomic mass is 19.2. The van der Waals surface area contributed by atoms with E-state index in [4.69, 9.17) is 4.74 Å². The molecule has 0 saturated heterocycles. The van der Waals surface area contributed by atoms with Gasteiger partial charge in [-0.1, -0.05) is 45.9 Å². The van der Waals surface area contributed by atoms with Crippen molar-refractivity contribution in [3.8, 4) is 11.6 Å². The minimum Gasteiger partial charge on any atom is -0.435 e. The molecule has 0 aliphatic carbocycles. The Bertz CT molecular complexity index is 631. The lowest BCUT2D eigenvalue weighted by Gasteiger charge is -2.39. The van der Waals surface area contributed by atoms with Crippen LogP contribution >= 0.6 is 0 Å². The van der Waals surface area contributed by atoms with E-state index in [2.05, 4.69) is 15.4 Å². The molecule has 0 amide bonds. The summed E-state index contributed by atoms with van der Waals surface area (Å²) in [6, 6.07) is 2.98. The highest BCUT2D eigenvalue weighted by Crippen LogP contribution is 2.43. The van der Waals surface area contributed by atoms with Crippen LogP contribution in [0.3, 0.4) is 0 Å². The summed E-state index contributed by atoms with van der Waals surface area (Å²) < 4.78 is 33.8. The Kier molecular flexibility index (Phi) is 3.74. The number of benzene rings is 1. The lowest BCUT2D eigenvalue weighted by Crippen LogP contribution is -2.35. The first-order valence-corrected chi connectivity index (χ1v) is 6.67. The van der Waals surface area contributed by atoms with E-state index < -0.39 is 17.0 Å². The van der Waals surface area contributed by atoms with Crippen molar-refractivity contribution in [3.05, 3.63) is 35.5 Å². The number of hydrogen-bond acceptors (Lipinski definition) is 3. The second kappa shape index (κ2) is 5.09. The molecule has 1 N–H and O–H groups in total. The van der Waals surface area contributed by atoms with Gasteiger partial charge in [0.15, 0.2) is 11.6 Å². The zero-order chi connectivity index (χ0) is 15.8. The summed E-state index contributed by atoms with van der Waals surface area (Å²) >= 11 is 0. The monoisotopic (exact) mass is 295 g/mol. The van der Waals surface area contributed by atoms with Crippen LogP contribution in [0, 0.1) is 17.0 Å². The predicted octanol–water partition coefficient (Wildman–Crippen LogP) is 4.20. The first-order valence-electron chi connectivity index (χ1n) is 6.67. The molecule has 1 aromatic carbocycles. The number of aromatic nitrogens is 3. The van der Waals surface area contributed by atoms with Crippen molar-refractivity contribution >= 4 is 0 Å². The highest BCUT2D eigenvalue weighted by Gasteiger charge is 2.37. The molecule has 6 heteroatoms. The maximum Gasteiger partial charge on any atom is 0.235 e. The summed E-state index contributed by atoms with van der Waals surface area (Å²) in [5, 5.41) is 9.39. The smallest absolute Gasteiger partial charge is 0.235 e. The maximum absolute atomic E-state index is 14.4. The van der Waals surface area contributed by atoms with Gasteiger partial charge in [-0.2, -0.15) is 4.39 Å². The zero-order valence-corrected chi connectivity index (χ0v) is 12.8. The van der Waals surface area contributed by atoms with Crippen LogP contribution in [0.25, 0.3) is 0 Å². The third-order valence-electron chi connectivity index (χ3n) is 4.21. The molecule has 0 aliphatic rings. The largest absolute Gasteiger partial charge is 0.435 e. The second-order valence-corrected chi connectivity index (χ2v) is 6.54. The number of nitrogens with one attached hydrogen (secondary N) is 1. The molecule has 2 rings (SSSR count). The van der Waals surface area contributed by atoms with Crippen LogP contribution in [-0.2, 0) is 5.41 Å². The standard InChI is InChI=1S/C15H19F2N3O/c1-14(2,3)15(4,5)9-6-7-10(13(17)12(9)16)21-11-8-18-20-19-11/h6-8H,1-5H3,(H,18,19,20). The van der Waals surface area contributed by atoms with Gasteiger partial charge in [-0.15, -0.1) is 5.10 Å². The zero-order valence-electron chi connectivity index (χ0n) is 12.8. The molecule has 0 atom stereocenters. The number of rotatable bonds is 3. The molecule has 0 bridgehead atoms. The summed E-state index contributed by atoms with van der Waals surface area (Å²) in [5.74, 6) is -1.96. The molecule has 0 aliphatic heterocycles. The van der Waals surface area contributed by atoms with Crippen molar-refractivity contribution in [1.82, 2.24) is 15.4 Å². The van der Waals surface area contributed by atoms with Crippen LogP contribution in [-0.4, -0.2) is 15.4 Å². The summed E-state index contributed by atoms with van der Waals surface area (Å²) in [6.45, 7) is 9.76. The topological polar surface area (TPSA) is 50.8 Å². The summed E-state index contributed by atoms with van der Waals surface area (Å²) in [7, 11) is 0. The number of halogens is 2. The average Bonchev–Trinajstić information content (AvgIpc) is 2.86. The fraction of sp³-hybridized carbons (Fsp3) is 0.467. The fourth-order valence-electron chi connectivity index (χ4n) is 1.85. The van der Waals surface area contributed by atoms with Crippen LogP contribution in [0.1, 0.15) is 40.2 Å². The van der Waals surface area contributed by atoms with Crippen LogP contribution < -0.4 is 4.74 Å². The van der Waals surface area contributed by atoms with Gasteiger partial charge in [-0.3, -0.25) is 0 Å². The highest BCUT2D eigenvalue weighted by molar-refractivity contribution is 5.37. The predicted molar refractivity (Wildman–Crippen MR) is 75.3 cm³/mol. The summed E-state index contributed by atoms with van der Waals surface area (Å²) in [5.41, 5.74) is -0.440. The lowest BCUT2D eigenvalue weighted by atomic mass is 9.65. The van der Waals surface area contributed by atoms with Crippen molar-refractivity contribution in [1.29, 1.82) is 0 Å². The number of hydrogen-bond donors (Lipinski definition) is 1. The van der Waals surface area contributed by atoms with Crippen molar-refractivity contribution in [2.24, 2.45) is 5.41 Å². The van der Waals surface area contributed by atoms with E-state index in [-0.39, 0.29) is 17.0 Å². The van der Waals surface area contributed by atoms with E-state index in [1.807, 2.05) is 34.6 Å². The molecule has 21 heavy (non-hydrogen) atoms. The van der Waals surface area contributed by atoms with E-state index in [1.54, 1.807) is 6.07 Å². The number of aromatic amines is 1. The minimum absolute atomic E-state index is 0.149. The van der Waals surface area contributed by atoms with E-state index in [0.717, 1.165) is 0 Å². The Morgan fingerprint density at radius 1 is 1.05 bits per heavy atom. The fourth-order valence-corrected chi connectivity index (χ4v) is 1.85. The Labute approximate surface area is 122 Å². The number of H-pyrrole nitrogens is 1. The summed E-state index contributed by atoms with van der Waals surface area (Å²) in [4.78, 5) is 0. The van der Waals surface area contributed by atoms with E-state index in [1.165, 1.54) is 12.3 Å². The molecule has 4 nitrogen and oxygen atoms in total. The maximum atomic E-state index is 14.4.